The van der Waals surface area contributed by atoms with Crippen molar-refractivity contribution in [2.24, 2.45) is 0 Å². The Morgan fingerprint density at radius 2 is 1.17 bits per heavy atom. The summed E-state index contributed by atoms with van der Waals surface area (Å²) >= 11 is 0. The van der Waals surface area contributed by atoms with Crippen LogP contribution in [0.4, 0.5) is 5.69 Å². The number of hydrogen-bond donors (Lipinski definition) is 0. The molecule has 0 fully saturated rings. The van der Waals surface area contributed by atoms with Gasteiger partial charge in [0.2, 0.25) is 0 Å². The minimum atomic E-state index is 0.521. The van der Waals surface area contributed by atoms with Crippen LogP contribution in [0, 0.1) is 17.9 Å². The molecule has 0 aliphatic carbocycles. The van der Waals surface area contributed by atoms with E-state index in [0.29, 0.717) is 17.1 Å². The SMILES string of the molecule is [C-]#[N+]c1cccc(-c2nc(-c3cccc(C#N)c3)nc3c(-c4cccc5ccccc45)cc(-c4cccc5ccccc45)cc23)c1. The number of nitrogens with zero attached hydrogens (tertiary/aromatic N) is 4. The third-order valence-corrected chi connectivity index (χ3v) is 8.48. The molecule has 212 valence electrons. The Morgan fingerprint density at radius 3 is 1.93 bits per heavy atom. The zero-order chi connectivity index (χ0) is 31.0. The molecule has 46 heavy (non-hydrogen) atoms. The number of aromatic nitrogens is 2. The molecule has 0 bridgehead atoms. The minimum Gasteiger partial charge on any atom is -0.238 e. The Morgan fingerprint density at radius 1 is 0.522 bits per heavy atom. The molecule has 0 atom stereocenters. The first kappa shape index (κ1) is 27.0. The van der Waals surface area contributed by atoms with E-state index in [2.05, 4.69) is 108 Å². The van der Waals surface area contributed by atoms with Gasteiger partial charge in [-0.3, -0.25) is 0 Å². The van der Waals surface area contributed by atoms with Gasteiger partial charge >= 0.3 is 0 Å². The Balaban J connectivity index is 1.54. The highest BCUT2D eigenvalue weighted by atomic mass is 14.9. The second kappa shape index (κ2) is 11.1. The van der Waals surface area contributed by atoms with Crippen LogP contribution in [-0.2, 0) is 0 Å². The van der Waals surface area contributed by atoms with Gasteiger partial charge in [0.15, 0.2) is 11.5 Å². The molecule has 0 spiro atoms. The number of benzene rings is 7. The lowest BCUT2D eigenvalue weighted by molar-refractivity contribution is 1.23. The van der Waals surface area contributed by atoms with Crippen molar-refractivity contribution in [3.63, 3.8) is 0 Å². The summed E-state index contributed by atoms with van der Waals surface area (Å²) in [6.07, 6.45) is 0. The van der Waals surface area contributed by atoms with E-state index < -0.39 is 0 Å². The van der Waals surface area contributed by atoms with Crippen LogP contribution in [0.1, 0.15) is 5.56 Å². The van der Waals surface area contributed by atoms with Crippen molar-refractivity contribution in [1.82, 2.24) is 9.97 Å². The highest BCUT2D eigenvalue weighted by Crippen LogP contribution is 2.42. The van der Waals surface area contributed by atoms with Gasteiger partial charge in [0.05, 0.1) is 29.4 Å². The third-order valence-electron chi connectivity index (χ3n) is 8.48. The number of rotatable bonds is 4. The van der Waals surface area contributed by atoms with E-state index in [1.165, 1.54) is 5.39 Å². The van der Waals surface area contributed by atoms with Crippen molar-refractivity contribution in [2.75, 3.05) is 0 Å². The topological polar surface area (TPSA) is 53.9 Å². The fourth-order valence-electron chi connectivity index (χ4n) is 6.33. The second-order valence-corrected chi connectivity index (χ2v) is 11.2. The molecule has 8 aromatic rings. The molecule has 0 saturated carbocycles. The Bertz CT molecular complexity index is 2560. The predicted molar refractivity (Wildman–Crippen MR) is 187 cm³/mol. The van der Waals surface area contributed by atoms with Crippen LogP contribution < -0.4 is 0 Å². The Hall–Kier alpha value is -6.62. The summed E-state index contributed by atoms with van der Waals surface area (Å²) in [5.74, 6) is 0.521. The lowest BCUT2D eigenvalue weighted by Gasteiger charge is -2.17. The van der Waals surface area contributed by atoms with Crippen LogP contribution in [0.5, 0.6) is 0 Å². The van der Waals surface area contributed by atoms with Crippen molar-refractivity contribution in [2.45, 2.75) is 0 Å². The van der Waals surface area contributed by atoms with Crippen LogP contribution in [0.25, 0.3) is 82.2 Å². The molecular weight excluding hydrogens is 560 g/mol. The maximum Gasteiger partial charge on any atom is 0.187 e. The van der Waals surface area contributed by atoms with Gasteiger partial charge in [0.1, 0.15) is 0 Å². The largest absolute Gasteiger partial charge is 0.238 e. The third kappa shape index (κ3) is 4.63. The summed E-state index contributed by atoms with van der Waals surface area (Å²) in [6.45, 7) is 7.70. The monoisotopic (exact) mass is 584 g/mol. The normalized spacial score (nSPS) is 11.0. The molecule has 1 aromatic heterocycles. The first-order chi connectivity index (χ1) is 22.7. The number of nitriles is 1. The van der Waals surface area contributed by atoms with Crippen molar-refractivity contribution >= 4 is 38.1 Å². The molecule has 8 rings (SSSR count). The van der Waals surface area contributed by atoms with E-state index >= 15 is 0 Å². The summed E-state index contributed by atoms with van der Waals surface area (Å²) < 4.78 is 0. The zero-order valence-electron chi connectivity index (χ0n) is 24.6. The standard InChI is InChI=1S/C42H24N4/c1-44-33-17-7-15-30(23-33)40-39-25-32(36-20-8-13-28-11-2-4-18-34(28)36)24-38(37-21-9-14-29-12-3-5-19-35(29)37)41(39)46-42(45-40)31-16-6-10-27(22-31)26-43/h2-25H. The fraction of sp³-hybridized carbons (Fsp3) is 0. The molecule has 4 nitrogen and oxygen atoms in total. The van der Waals surface area contributed by atoms with Crippen molar-refractivity contribution in [3.8, 4) is 51.0 Å². The van der Waals surface area contributed by atoms with Gasteiger partial charge in [-0.15, -0.1) is 0 Å². The predicted octanol–water partition coefficient (Wildman–Crippen LogP) is 11.0. The minimum absolute atomic E-state index is 0.521. The summed E-state index contributed by atoms with van der Waals surface area (Å²) in [5, 5.41) is 15.1. The van der Waals surface area contributed by atoms with Crippen LogP contribution in [0.3, 0.4) is 0 Å². The molecule has 0 amide bonds. The van der Waals surface area contributed by atoms with Crippen LogP contribution >= 0.6 is 0 Å². The number of hydrogen-bond acceptors (Lipinski definition) is 3. The van der Waals surface area contributed by atoms with Gasteiger partial charge in [-0.1, -0.05) is 115 Å². The summed E-state index contributed by atoms with van der Waals surface area (Å²) in [5.41, 5.74) is 8.43. The van der Waals surface area contributed by atoms with Gasteiger partial charge in [-0.25, -0.2) is 14.8 Å². The molecule has 0 aliphatic heterocycles. The van der Waals surface area contributed by atoms with E-state index in [0.717, 1.165) is 66.1 Å². The Kier molecular flexibility index (Phi) is 6.53. The lowest BCUT2D eigenvalue weighted by Crippen LogP contribution is -1.98. The molecule has 0 unspecified atom stereocenters. The smallest absolute Gasteiger partial charge is 0.187 e. The molecule has 0 N–H and O–H groups in total. The summed E-state index contributed by atoms with van der Waals surface area (Å²) in [7, 11) is 0. The summed E-state index contributed by atoms with van der Waals surface area (Å²) in [4.78, 5) is 14.1. The van der Waals surface area contributed by atoms with E-state index in [4.69, 9.17) is 16.5 Å². The van der Waals surface area contributed by atoms with E-state index in [9.17, 15) is 5.26 Å². The van der Waals surface area contributed by atoms with Crippen LogP contribution in [0.2, 0.25) is 0 Å². The molecule has 0 saturated heterocycles. The van der Waals surface area contributed by atoms with Gasteiger partial charge in [-0.05, 0) is 74.1 Å². The van der Waals surface area contributed by atoms with E-state index in [1.54, 1.807) is 12.1 Å². The molecule has 0 radical (unpaired) electrons. The van der Waals surface area contributed by atoms with Crippen LogP contribution in [0.15, 0.2) is 146 Å². The van der Waals surface area contributed by atoms with Gasteiger partial charge in [0.25, 0.3) is 0 Å². The molecular formula is C42H24N4. The average molecular weight is 585 g/mol. The van der Waals surface area contributed by atoms with Gasteiger partial charge < -0.3 is 0 Å². The van der Waals surface area contributed by atoms with Gasteiger partial charge in [-0.2, -0.15) is 5.26 Å². The first-order valence-electron chi connectivity index (χ1n) is 15.0. The molecule has 4 heteroatoms. The Labute approximate surface area is 266 Å². The highest BCUT2D eigenvalue weighted by molar-refractivity contribution is 6.10. The molecule has 7 aromatic carbocycles. The van der Waals surface area contributed by atoms with Gasteiger partial charge in [0, 0.05) is 16.5 Å². The van der Waals surface area contributed by atoms with Crippen LogP contribution in [-0.4, -0.2) is 9.97 Å². The zero-order valence-corrected chi connectivity index (χ0v) is 24.6. The maximum atomic E-state index is 9.66. The average Bonchev–Trinajstić information content (AvgIpc) is 3.13. The first-order valence-corrected chi connectivity index (χ1v) is 15.0. The quantitative estimate of drug-likeness (QED) is 0.193. The summed E-state index contributed by atoms with van der Waals surface area (Å²) in [6, 6.07) is 51.3. The highest BCUT2D eigenvalue weighted by Gasteiger charge is 2.19. The number of fused-ring (bicyclic) bond motifs is 3. The fourth-order valence-corrected chi connectivity index (χ4v) is 6.33. The van der Waals surface area contributed by atoms with Crippen molar-refractivity contribution in [3.05, 3.63) is 163 Å². The molecule has 0 aliphatic rings. The maximum absolute atomic E-state index is 9.66. The van der Waals surface area contributed by atoms with Crippen molar-refractivity contribution in [1.29, 1.82) is 5.26 Å². The lowest BCUT2D eigenvalue weighted by atomic mass is 9.90. The molecule has 1 heterocycles. The van der Waals surface area contributed by atoms with E-state index in [-0.39, 0.29) is 0 Å². The van der Waals surface area contributed by atoms with E-state index in [1.807, 2.05) is 36.4 Å². The second-order valence-electron chi connectivity index (χ2n) is 11.2. The van der Waals surface area contributed by atoms with Crippen molar-refractivity contribution < 1.29 is 0 Å².